The maximum Gasteiger partial charge on any atom is 0.183 e. The number of benzene rings is 2. The van der Waals surface area contributed by atoms with E-state index in [0.29, 0.717) is 18.5 Å². The molecule has 4 rings (SSSR count). The third-order valence-corrected chi connectivity index (χ3v) is 5.37. The zero-order chi connectivity index (χ0) is 19.5. The van der Waals surface area contributed by atoms with E-state index in [1.165, 1.54) is 23.5 Å². The number of thiazole rings is 1. The molecule has 0 aliphatic rings. The Bertz CT molecular complexity index is 1090. The minimum Gasteiger partial charge on any atom is -0.360 e. The van der Waals surface area contributed by atoms with E-state index in [1.807, 2.05) is 30.6 Å². The molecule has 0 aliphatic heterocycles. The summed E-state index contributed by atoms with van der Waals surface area (Å²) in [6.07, 6.45) is 5.81. The van der Waals surface area contributed by atoms with Crippen molar-refractivity contribution in [2.24, 2.45) is 5.73 Å². The summed E-state index contributed by atoms with van der Waals surface area (Å²) in [4.78, 5) is 9.57. The molecular formula is C21H18F2N4S. The molecule has 0 saturated carbocycles. The Kier molecular flexibility index (Phi) is 5.27. The predicted molar refractivity (Wildman–Crippen MR) is 109 cm³/mol. The monoisotopic (exact) mass is 396 g/mol. The summed E-state index contributed by atoms with van der Waals surface area (Å²) in [5.74, 6) is -1.18. The Morgan fingerprint density at radius 2 is 1.82 bits per heavy atom. The molecule has 0 radical (unpaired) electrons. The molecule has 1 atom stereocenters. The fourth-order valence-corrected chi connectivity index (χ4v) is 3.87. The second-order valence-corrected chi connectivity index (χ2v) is 7.62. The van der Waals surface area contributed by atoms with Crippen molar-refractivity contribution in [3.05, 3.63) is 78.3 Å². The van der Waals surface area contributed by atoms with Crippen LogP contribution < -0.4 is 11.1 Å². The number of hydrogen-bond acceptors (Lipinski definition) is 5. The number of halogens is 2. The first-order valence-corrected chi connectivity index (χ1v) is 9.63. The van der Waals surface area contributed by atoms with Crippen molar-refractivity contribution in [3.8, 4) is 10.4 Å². The summed E-state index contributed by atoms with van der Waals surface area (Å²) in [7, 11) is 0. The molecule has 0 aliphatic carbocycles. The van der Waals surface area contributed by atoms with E-state index in [2.05, 4.69) is 21.4 Å². The molecule has 28 heavy (non-hydrogen) atoms. The van der Waals surface area contributed by atoms with Gasteiger partial charge in [-0.25, -0.2) is 13.8 Å². The van der Waals surface area contributed by atoms with Crippen molar-refractivity contribution in [3.63, 3.8) is 0 Å². The third-order valence-electron chi connectivity index (χ3n) is 4.37. The highest BCUT2D eigenvalue weighted by Crippen LogP contribution is 2.30. The molecule has 2 aromatic heterocycles. The van der Waals surface area contributed by atoms with Crippen LogP contribution in [0.15, 0.2) is 61.1 Å². The zero-order valence-electron chi connectivity index (χ0n) is 14.9. The number of nitrogens with one attached hydrogen (secondary N) is 1. The van der Waals surface area contributed by atoms with Crippen molar-refractivity contribution in [2.45, 2.75) is 12.5 Å². The van der Waals surface area contributed by atoms with Crippen LogP contribution >= 0.6 is 11.3 Å². The van der Waals surface area contributed by atoms with Gasteiger partial charge in [-0.1, -0.05) is 23.5 Å². The molecule has 2 aromatic carbocycles. The SMILES string of the molecule is N[C@H](CNc1ncc(-c2ccc3cnccc3c2)s1)Cc1cc(F)cc(F)c1. The third kappa shape index (κ3) is 4.32. The summed E-state index contributed by atoms with van der Waals surface area (Å²) in [6.45, 7) is 0.453. The van der Waals surface area contributed by atoms with Gasteiger partial charge >= 0.3 is 0 Å². The zero-order valence-corrected chi connectivity index (χ0v) is 15.7. The van der Waals surface area contributed by atoms with Gasteiger partial charge in [0.25, 0.3) is 0 Å². The quantitative estimate of drug-likeness (QED) is 0.499. The van der Waals surface area contributed by atoms with Crippen molar-refractivity contribution >= 4 is 27.2 Å². The van der Waals surface area contributed by atoms with E-state index in [-0.39, 0.29) is 6.04 Å². The van der Waals surface area contributed by atoms with Gasteiger partial charge < -0.3 is 11.1 Å². The Hall–Kier alpha value is -2.90. The first kappa shape index (κ1) is 18.5. The lowest BCUT2D eigenvalue weighted by Gasteiger charge is -2.12. The minimum absolute atomic E-state index is 0.290. The van der Waals surface area contributed by atoms with Gasteiger partial charge in [-0.2, -0.15) is 0 Å². The Morgan fingerprint density at radius 3 is 2.64 bits per heavy atom. The van der Waals surface area contributed by atoms with Crippen molar-refractivity contribution in [1.29, 1.82) is 0 Å². The van der Waals surface area contributed by atoms with E-state index >= 15 is 0 Å². The number of aromatic nitrogens is 2. The number of rotatable bonds is 6. The molecule has 0 unspecified atom stereocenters. The fraction of sp³-hybridized carbons (Fsp3) is 0.143. The topological polar surface area (TPSA) is 63.8 Å². The van der Waals surface area contributed by atoms with Gasteiger partial charge in [-0.15, -0.1) is 0 Å². The predicted octanol–water partition coefficient (Wildman–Crippen LogP) is 4.62. The summed E-state index contributed by atoms with van der Waals surface area (Å²) in [5, 5.41) is 6.18. The lowest BCUT2D eigenvalue weighted by Crippen LogP contribution is -2.31. The largest absolute Gasteiger partial charge is 0.360 e. The number of nitrogens with two attached hydrogens (primary N) is 1. The van der Waals surface area contributed by atoms with Crippen LogP contribution in [-0.2, 0) is 6.42 Å². The summed E-state index contributed by atoms with van der Waals surface area (Å²) < 4.78 is 26.6. The molecule has 2 heterocycles. The molecule has 0 bridgehead atoms. The van der Waals surface area contributed by atoms with Crippen molar-refractivity contribution in [2.75, 3.05) is 11.9 Å². The van der Waals surface area contributed by atoms with Crippen LogP contribution in [0.3, 0.4) is 0 Å². The van der Waals surface area contributed by atoms with Gasteiger partial charge in [-0.3, -0.25) is 4.98 Å². The second-order valence-electron chi connectivity index (χ2n) is 6.59. The van der Waals surface area contributed by atoms with Crippen LogP contribution in [0.25, 0.3) is 21.2 Å². The van der Waals surface area contributed by atoms with Crippen LogP contribution in [0, 0.1) is 11.6 Å². The highest BCUT2D eigenvalue weighted by molar-refractivity contribution is 7.18. The van der Waals surface area contributed by atoms with Gasteiger partial charge in [0, 0.05) is 42.6 Å². The van der Waals surface area contributed by atoms with Crippen LogP contribution in [0.1, 0.15) is 5.56 Å². The molecule has 0 fully saturated rings. The Morgan fingerprint density at radius 1 is 1.00 bits per heavy atom. The maximum atomic E-state index is 13.3. The van der Waals surface area contributed by atoms with Crippen molar-refractivity contribution in [1.82, 2.24) is 9.97 Å². The molecule has 0 spiro atoms. The van der Waals surface area contributed by atoms with E-state index < -0.39 is 11.6 Å². The number of fused-ring (bicyclic) bond motifs is 1. The van der Waals surface area contributed by atoms with E-state index in [9.17, 15) is 8.78 Å². The summed E-state index contributed by atoms with van der Waals surface area (Å²) in [6, 6.07) is 11.4. The molecule has 7 heteroatoms. The highest BCUT2D eigenvalue weighted by atomic mass is 32.1. The van der Waals surface area contributed by atoms with E-state index in [4.69, 9.17) is 5.73 Å². The molecule has 142 valence electrons. The van der Waals surface area contributed by atoms with Gasteiger partial charge in [-0.05, 0) is 47.2 Å². The average molecular weight is 396 g/mol. The summed E-state index contributed by atoms with van der Waals surface area (Å²) in [5.41, 5.74) is 7.72. The highest BCUT2D eigenvalue weighted by Gasteiger charge is 2.10. The standard InChI is InChI=1S/C21H18F2N4S/c22-17-5-13(6-18(23)9-17)7-19(24)11-26-21-27-12-20(28-21)15-1-2-16-10-25-4-3-14(16)8-15/h1-6,8-10,12,19H,7,11,24H2,(H,26,27)/t19-/m0/s1. The fourth-order valence-electron chi connectivity index (χ4n) is 3.05. The van der Waals surface area contributed by atoms with Crippen LogP contribution in [0.2, 0.25) is 0 Å². The molecule has 0 amide bonds. The van der Waals surface area contributed by atoms with Crippen molar-refractivity contribution < 1.29 is 8.78 Å². The number of anilines is 1. The number of pyridine rings is 1. The maximum absolute atomic E-state index is 13.3. The van der Waals surface area contributed by atoms with Crippen LogP contribution in [0.5, 0.6) is 0 Å². The first-order valence-electron chi connectivity index (χ1n) is 8.81. The first-order chi connectivity index (χ1) is 13.6. The summed E-state index contributed by atoms with van der Waals surface area (Å²) >= 11 is 1.53. The second kappa shape index (κ2) is 8.00. The van der Waals surface area contributed by atoms with Crippen LogP contribution in [-0.4, -0.2) is 22.6 Å². The molecule has 0 saturated heterocycles. The lowest BCUT2D eigenvalue weighted by molar-refractivity contribution is 0.576. The Labute approximate surface area is 165 Å². The average Bonchev–Trinajstić information content (AvgIpc) is 3.14. The molecule has 4 nitrogen and oxygen atoms in total. The van der Waals surface area contributed by atoms with Gasteiger partial charge in [0.1, 0.15) is 11.6 Å². The van der Waals surface area contributed by atoms with Gasteiger partial charge in [0.2, 0.25) is 0 Å². The molecule has 4 aromatic rings. The van der Waals surface area contributed by atoms with Gasteiger partial charge in [0.05, 0.1) is 4.88 Å². The van der Waals surface area contributed by atoms with E-state index in [1.54, 1.807) is 6.20 Å². The number of hydrogen-bond donors (Lipinski definition) is 2. The number of nitrogens with zero attached hydrogens (tertiary/aromatic N) is 2. The Balaban J connectivity index is 1.40. The van der Waals surface area contributed by atoms with Crippen LogP contribution in [0.4, 0.5) is 13.9 Å². The molecular weight excluding hydrogens is 378 g/mol. The molecule has 3 N–H and O–H groups in total. The van der Waals surface area contributed by atoms with Gasteiger partial charge in [0.15, 0.2) is 5.13 Å². The van der Waals surface area contributed by atoms with E-state index in [0.717, 1.165) is 32.4 Å². The lowest BCUT2D eigenvalue weighted by atomic mass is 10.1. The smallest absolute Gasteiger partial charge is 0.183 e. The minimum atomic E-state index is -0.592. The normalized spacial score (nSPS) is 12.2.